The number of hydrogen-bond donors (Lipinski definition) is 2. The van der Waals surface area contributed by atoms with Crippen LogP contribution in [0.5, 0.6) is 0 Å². The first kappa shape index (κ1) is 16.7. The van der Waals surface area contributed by atoms with Gasteiger partial charge in [0.1, 0.15) is 0 Å². The third-order valence-electron chi connectivity index (χ3n) is 3.50. The van der Waals surface area contributed by atoms with E-state index in [0.717, 1.165) is 12.1 Å². The molecule has 1 aromatic rings. The summed E-state index contributed by atoms with van der Waals surface area (Å²) in [5.41, 5.74) is 0.334. The summed E-state index contributed by atoms with van der Waals surface area (Å²) in [5.74, 6) is 0. The van der Waals surface area contributed by atoms with Crippen LogP contribution in [0, 0.1) is 0 Å². The second-order valence-electron chi connectivity index (χ2n) is 5.50. The van der Waals surface area contributed by atoms with Gasteiger partial charge in [-0.15, -0.1) is 0 Å². The Bertz CT molecular complexity index is 598. The van der Waals surface area contributed by atoms with E-state index in [0.29, 0.717) is 31.2 Å². The van der Waals surface area contributed by atoms with Crippen molar-refractivity contribution >= 4 is 21.6 Å². The van der Waals surface area contributed by atoms with Gasteiger partial charge in [0.05, 0.1) is 17.0 Å². The molecule has 1 aliphatic rings. The number of hydrogen-bond acceptors (Lipinski definition) is 4. The number of halogens is 1. The Morgan fingerprint density at radius 2 is 2.19 bits per heavy atom. The fourth-order valence-electron chi connectivity index (χ4n) is 2.23. The minimum atomic E-state index is -3.60. The standard InChI is InChI=1S/C14H21ClN2O3S/c1-3-16-9-11-4-5-12(8-13(11)15)21(18,19)17-14(2)6-7-20-10-14/h4-5,8,16-17H,3,6-7,9-10H2,1-2H3. The average Bonchev–Trinajstić information content (AvgIpc) is 2.82. The number of benzene rings is 1. The molecule has 21 heavy (non-hydrogen) atoms. The van der Waals surface area contributed by atoms with E-state index in [-0.39, 0.29) is 4.90 Å². The predicted octanol–water partition coefficient (Wildman–Crippen LogP) is 1.91. The van der Waals surface area contributed by atoms with Crippen LogP contribution < -0.4 is 10.0 Å². The van der Waals surface area contributed by atoms with Crippen molar-refractivity contribution in [2.24, 2.45) is 0 Å². The van der Waals surface area contributed by atoms with Gasteiger partial charge in [0, 0.05) is 18.2 Å². The van der Waals surface area contributed by atoms with Gasteiger partial charge in [0.2, 0.25) is 10.0 Å². The molecule has 2 rings (SSSR count). The molecule has 0 aromatic heterocycles. The van der Waals surface area contributed by atoms with Gasteiger partial charge in [0.15, 0.2) is 0 Å². The molecule has 0 bridgehead atoms. The van der Waals surface area contributed by atoms with Crippen molar-refractivity contribution in [2.75, 3.05) is 19.8 Å². The summed E-state index contributed by atoms with van der Waals surface area (Å²) in [6.45, 7) is 6.25. The van der Waals surface area contributed by atoms with Gasteiger partial charge in [-0.25, -0.2) is 13.1 Å². The lowest BCUT2D eigenvalue weighted by Gasteiger charge is -2.23. The Kier molecular flexibility index (Phi) is 5.27. The molecule has 5 nitrogen and oxygen atoms in total. The van der Waals surface area contributed by atoms with E-state index < -0.39 is 15.6 Å². The molecule has 1 aromatic carbocycles. The normalized spacial score (nSPS) is 22.6. The van der Waals surface area contributed by atoms with Crippen molar-refractivity contribution < 1.29 is 13.2 Å². The molecule has 118 valence electrons. The van der Waals surface area contributed by atoms with Crippen molar-refractivity contribution in [3.05, 3.63) is 28.8 Å². The summed E-state index contributed by atoms with van der Waals surface area (Å²) >= 11 is 6.17. The number of ether oxygens (including phenoxy) is 1. The molecule has 2 N–H and O–H groups in total. The smallest absolute Gasteiger partial charge is 0.241 e. The Hall–Kier alpha value is -0.660. The van der Waals surface area contributed by atoms with E-state index in [2.05, 4.69) is 10.0 Å². The molecule has 0 spiro atoms. The van der Waals surface area contributed by atoms with E-state index >= 15 is 0 Å². The summed E-state index contributed by atoms with van der Waals surface area (Å²) in [5, 5.41) is 3.61. The Morgan fingerprint density at radius 3 is 2.76 bits per heavy atom. The molecular formula is C14H21ClN2O3S. The van der Waals surface area contributed by atoms with Crippen LogP contribution in [0.25, 0.3) is 0 Å². The molecule has 1 unspecified atom stereocenters. The van der Waals surface area contributed by atoms with Gasteiger partial charge in [0.25, 0.3) is 0 Å². The Morgan fingerprint density at radius 1 is 1.43 bits per heavy atom. The highest BCUT2D eigenvalue weighted by molar-refractivity contribution is 7.89. The summed E-state index contributed by atoms with van der Waals surface area (Å²) in [7, 11) is -3.60. The molecule has 0 radical (unpaired) electrons. The molecule has 1 saturated heterocycles. The van der Waals surface area contributed by atoms with Crippen molar-refractivity contribution in [3.63, 3.8) is 0 Å². The van der Waals surface area contributed by atoms with Crippen LogP contribution in [0.4, 0.5) is 0 Å². The minimum Gasteiger partial charge on any atom is -0.379 e. The van der Waals surface area contributed by atoms with E-state index in [1.807, 2.05) is 13.8 Å². The minimum absolute atomic E-state index is 0.181. The first-order chi connectivity index (χ1) is 9.86. The summed E-state index contributed by atoms with van der Waals surface area (Å²) < 4.78 is 32.8. The van der Waals surface area contributed by atoms with E-state index in [9.17, 15) is 8.42 Å². The highest BCUT2D eigenvalue weighted by atomic mass is 35.5. The van der Waals surface area contributed by atoms with Crippen LogP contribution in [0.3, 0.4) is 0 Å². The predicted molar refractivity (Wildman–Crippen MR) is 83.0 cm³/mol. The molecule has 1 fully saturated rings. The lowest BCUT2D eigenvalue weighted by molar-refractivity contribution is 0.178. The highest BCUT2D eigenvalue weighted by Crippen LogP contribution is 2.24. The van der Waals surface area contributed by atoms with Crippen LogP contribution in [-0.4, -0.2) is 33.7 Å². The van der Waals surface area contributed by atoms with Crippen LogP contribution in [0.1, 0.15) is 25.8 Å². The van der Waals surface area contributed by atoms with E-state index in [1.54, 1.807) is 12.1 Å². The van der Waals surface area contributed by atoms with Crippen LogP contribution in [-0.2, 0) is 21.3 Å². The molecule has 0 saturated carbocycles. The maximum atomic E-state index is 12.4. The van der Waals surface area contributed by atoms with Crippen molar-refractivity contribution in [1.29, 1.82) is 0 Å². The SMILES string of the molecule is CCNCc1ccc(S(=O)(=O)NC2(C)CCOC2)cc1Cl. The first-order valence-corrected chi connectivity index (χ1v) is 8.83. The topological polar surface area (TPSA) is 67.4 Å². The van der Waals surface area contributed by atoms with Gasteiger partial charge in [-0.1, -0.05) is 24.6 Å². The summed E-state index contributed by atoms with van der Waals surface area (Å²) in [4.78, 5) is 0.181. The zero-order valence-electron chi connectivity index (χ0n) is 12.3. The molecule has 0 amide bonds. The van der Waals surface area contributed by atoms with Crippen molar-refractivity contribution in [1.82, 2.24) is 10.0 Å². The summed E-state index contributed by atoms with van der Waals surface area (Å²) in [6.07, 6.45) is 0.665. The highest BCUT2D eigenvalue weighted by Gasteiger charge is 2.34. The van der Waals surface area contributed by atoms with Gasteiger partial charge < -0.3 is 10.1 Å². The van der Waals surface area contributed by atoms with Crippen LogP contribution >= 0.6 is 11.6 Å². The van der Waals surface area contributed by atoms with E-state index in [4.69, 9.17) is 16.3 Å². The van der Waals surface area contributed by atoms with Gasteiger partial charge in [-0.05, 0) is 37.6 Å². The second kappa shape index (κ2) is 6.62. The zero-order valence-corrected chi connectivity index (χ0v) is 13.9. The fourth-order valence-corrected chi connectivity index (χ4v) is 3.99. The molecule has 1 heterocycles. The largest absolute Gasteiger partial charge is 0.379 e. The average molecular weight is 333 g/mol. The van der Waals surface area contributed by atoms with E-state index in [1.165, 1.54) is 6.07 Å². The van der Waals surface area contributed by atoms with Crippen LogP contribution in [0.2, 0.25) is 5.02 Å². The molecule has 1 atom stereocenters. The number of rotatable bonds is 6. The molecule has 0 aliphatic carbocycles. The number of sulfonamides is 1. The fraction of sp³-hybridized carbons (Fsp3) is 0.571. The Labute approximate surface area is 131 Å². The zero-order chi connectivity index (χ0) is 15.5. The van der Waals surface area contributed by atoms with Crippen LogP contribution in [0.15, 0.2) is 23.1 Å². The lowest BCUT2D eigenvalue weighted by Crippen LogP contribution is -2.46. The second-order valence-corrected chi connectivity index (χ2v) is 7.59. The molecular weight excluding hydrogens is 312 g/mol. The molecule has 1 aliphatic heterocycles. The third kappa shape index (κ3) is 4.17. The van der Waals surface area contributed by atoms with Gasteiger partial charge >= 0.3 is 0 Å². The Balaban J connectivity index is 2.18. The third-order valence-corrected chi connectivity index (χ3v) is 5.49. The van der Waals surface area contributed by atoms with Gasteiger partial charge in [-0.2, -0.15) is 0 Å². The molecule has 7 heteroatoms. The number of nitrogens with one attached hydrogen (secondary N) is 2. The summed E-state index contributed by atoms with van der Waals surface area (Å²) in [6, 6.07) is 4.82. The van der Waals surface area contributed by atoms with Crippen molar-refractivity contribution in [2.45, 2.75) is 37.2 Å². The lowest BCUT2D eigenvalue weighted by atomic mass is 10.0. The monoisotopic (exact) mass is 332 g/mol. The maximum absolute atomic E-state index is 12.4. The maximum Gasteiger partial charge on any atom is 0.241 e. The quantitative estimate of drug-likeness (QED) is 0.835. The first-order valence-electron chi connectivity index (χ1n) is 6.97. The van der Waals surface area contributed by atoms with Gasteiger partial charge in [-0.3, -0.25) is 0 Å². The van der Waals surface area contributed by atoms with Crippen molar-refractivity contribution in [3.8, 4) is 0 Å².